The summed E-state index contributed by atoms with van der Waals surface area (Å²) in [6.07, 6.45) is -7.41. The highest BCUT2D eigenvalue weighted by Crippen LogP contribution is 2.62. The monoisotopic (exact) mass is 825 g/mol. The number of nitrogens with two attached hydrogens (primary N) is 2. The molecule has 0 saturated carbocycles. The first kappa shape index (κ1) is 39.9. The number of fused-ring (bicyclic) bond motifs is 2. The average molecular weight is 826 g/mol. The third kappa shape index (κ3) is 8.01. The van der Waals surface area contributed by atoms with E-state index in [4.69, 9.17) is 50.8 Å². The highest BCUT2D eigenvalue weighted by atomic mass is 32.7. The van der Waals surface area contributed by atoms with Crippen LogP contribution in [0.1, 0.15) is 53.0 Å². The molecule has 10 atom stereocenters. The van der Waals surface area contributed by atoms with Crippen LogP contribution in [-0.4, -0.2) is 99.9 Å². The van der Waals surface area contributed by atoms with Gasteiger partial charge in [0.2, 0.25) is 5.95 Å². The Hall–Kier alpha value is -2.73. The molecule has 53 heavy (non-hydrogen) atoms. The largest absolute Gasteiger partial charge is 0.404 e. The molecule has 2 aliphatic heterocycles. The normalized spacial score (nSPS) is 28.8. The van der Waals surface area contributed by atoms with Gasteiger partial charge in [-0.1, -0.05) is 13.8 Å². The zero-order valence-corrected chi connectivity index (χ0v) is 32.4. The molecule has 4 aromatic rings. The number of alkyl halides is 2. The Balaban J connectivity index is 1.21. The van der Waals surface area contributed by atoms with E-state index in [2.05, 4.69) is 34.6 Å². The van der Waals surface area contributed by atoms with Crippen molar-refractivity contribution in [3.05, 3.63) is 29.3 Å². The Kier molecular flexibility index (Phi) is 11.6. The second-order valence-corrected chi connectivity index (χ2v) is 19.1. The van der Waals surface area contributed by atoms with Crippen molar-refractivity contribution >= 4 is 71.0 Å². The van der Waals surface area contributed by atoms with Crippen LogP contribution >= 0.6 is 25.1 Å². The Morgan fingerprint density at radius 3 is 2.42 bits per heavy atom. The van der Waals surface area contributed by atoms with Crippen molar-refractivity contribution < 1.29 is 45.8 Å². The van der Waals surface area contributed by atoms with Gasteiger partial charge in [0.05, 0.1) is 25.4 Å². The van der Waals surface area contributed by atoms with Crippen molar-refractivity contribution in [1.82, 2.24) is 43.8 Å². The fourth-order valence-electron chi connectivity index (χ4n) is 5.67. The van der Waals surface area contributed by atoms with E-state index in [1.807, 2.05) is 20.8 Å². The minimum absolute atomic E-state index is 0.0872. The molecule has 7 N–H and O–H groups in total. The number of nitrogens with one attached hydrogen (secondary N) is 2. The zero-order valence-electron chi connectivity index (χ0n) is 28.9. The molecule has 26 heteroatoms. The van der Waals surface area contributed by atoms with E-state index in [-0.39, 0.29) is 34.1 Å². The molecule has 6 rings (SSSR count). The maximum Gasteiger partial charge on any atom is 0.404 e. The summed E-state index contributed by atoms with van der Waals surface area (Å²) >= 11 is 5.87. The number of anilines is 2. The van der Waals surface area contributed by atoms with Crippen molar-refractivity contribution in [3.8, 4) is 0 Å². The summed E-state index contributed by atoms with van der Waals surface area (Å²) in [6.45, 7) is -1.91. The van der Waals surface area contributed by atoms with Crippen molar-refractivity contribution in [2.24, 2.45) is 0 Å². The molecule has 4 aromatic heterocycles. The smallest absolute Gasteiger partial charge is 0.382 e. The van der Waals surface area contributed by atoms with E-state index < -0.39 is 80.4 Å². The first-order valence-corrected chi connectivity index (χ1v) is 21.8. The molecule has 0 spiro atoms. The number of hydrogen-bond donors (Lipinski definition) is 5. The van der Waals surface area contributed by atoms with E-state index in [1.165, 1.54) is 28.7 Å². The van der Waals surface area contributed by atoms with Gasteiger partial charge in [-0.3, -0.25) is 28.0 Å². The first-order valence-electron chi connectivity index (χ1n) is 16.2. The van der Waals surface area contributed by atoms with Gasteiger partial charge < -0.3 is 34.9 Å². The number of aromatic amines is 1. The van der Waals surface area contributed by atoms with E-state index in [1.54, 1.807) is 0 Å². The lowest BCUT2D eigenvalue weighted by Crippen LogP contribution is -2.37. The number of halogens is 2. The van der Waals surface area contributed by atoms with Crippen LogP contribution in [0.3, 0.4) is 0 Å². The first-order chi connectivity index (χ1) is 25.0. The van der Waals surface area contributed by atoms with Gasteiger partial charge in [0.15, 0.2) is 47.4 Å². The van der Waals surface area contributed by atoms with Gasteiger partial charge in [0.1, 0.15) is 30.2 Å². The number of aromatic nitrogens is 8. The predicted molar refractivity (Wildman–Crippen MR) is 192 cm³/mol. The summed E-state index contributed by atoms with van der Waals surface area (Å²) < 4.78 is 85.8. The number of imidazole rings is 2. The second kappa shape index (κ2) is 15.4. The van der Waals surface area contributed by atoms with Gasteiger partial charge in [0, 0.05) is 24.2 Å². The molecule has 1 unspecified atom stereocenters. The third-order valence-corrected chi connectivity index (χ3v) is 14.1. The van der Waals surface area contributed by atoms with Crippen molar-refractivity contribution in [3.63, 3.8) is 0 Å². The number of H-pyrrole nitrogens is 1. The molecular formula is C27H39F2N11O9P2S2. The Morgan fingerprint density at radius 2 is 1.74 bits per heavy atom. The zero-order chi connectivity index (χ0) is 38.5. The van der Waals surface area contributed by atoms with Crippen LogP contribution in [-0.2, 0) is 43.9 Å². The molecule has 0 aromatic carbocycles. The molecule has 20 nitrogen and oxygen atoms in total. The van der Waals surface area contributed by atoms with E-state index in [0.717, 1.165) is 13.4 Å². The van der Waals surface area contributed by atoms with Crippen LogP contribution in [0.25, 0.3) is 22.3 Å². The van der Waals surface area contributed by atoms with Crippen LogP contribution in [0, 0.1) is 0 Å². The molecule has 2 fully saturated rings. The van der Waals surface area contributed by atoms with E-state index in [9.17, 15) is 14.3 Å². The lowest BCUT2D eigenvalue weighted by atomic mass is 9.98. The molecule has 292 valence electrons. The minimum Gasteiger partial charge on any atom is -0.382 e. The highest BCUT2D eigenvalue weighted by Gasteiger charge is 2.52. The van der Waals surface area contributed by atoms with Crippen LogP contribution in [0.5, 0.6) is 0 Å². The summed E-state index contributed by atoms with van der Waals surface area (Å²) in [5, 5.41) is 0. The van der Waals surface area contributed by atoms with Gasteiger partial charge in [-0.25, -0.2) is 38.0 Å². The van der Waals surface area contributed by atoms with Gasteiger partial charge in [-0.05, 0) is 38.5 Å². The quantitative estimate of drug-likeness (QED) is 0.0851. The van der Waals surface area contributed by atoms with Crippen LogP contribution < -0.4 is 21.7 Å². The summed E-state index contributed by atoms with van der Waals surface area (Å²) in [4.78, 5) is 46.2. The Labute approximate surface area is 309 Å². The molecular weight excluding hydrogens is 786 g/mol. The van der Waals surface area contributed by atoms with Crippen LogP contribution in [0.4, 0.5) is 20.5 Å². The standard InChI is InChI=1S/C27H39F2N11O9P2S2/c1-6-27(4,7-2)38-53-51(43,44-5)49-19-14(28)13(47-25(19)40-11-35-17-22(40)36-26(31)37-23(17)41)8-45-50(42,52)48-18-12(3)46-24(15(18)29)39-10-34-16-20(30)32-9-33-21(16)39/h9-15,18-19,24-25,38H,6-8H2,1-5H3,(H,42,52)(H2,30,32,33)(H3,31,36,37,41)/t12-,13-,14-,15-,18-,19-,24-,25-,50?,51-/m1/s1. The predicted octanol–water partition coefficient (Wildman–Crippen LogP) is 3.19. The lowest BCUT2D eigenvalue weighted by molar-refractivity contribution is -0.0467. The summed E-state index contributed by atoms with van der Waals surface area (Å²) in [6, 6.07) is 0. The molecule has 2 aliphatic rings. The average Bonchev–Trinajstić information content (AvgIpc) is 3.88. The Bertz CT molecular complexity index is 2110. The number of hydrogen-bond acceptors (Lipinski definition) is 18. The molecule has 6 heterocycles. The summed E-state index contributed by atoms with van der Waals surface area (Å²) in [7, 11) is 1.14. The van der Waals surface area contributed by atoms with Gasteiger partial charge in [-0.15, -0.1) is 0 Å². The lowest BCUT2D eigenvalue weighted by Gasteiger charge is -2.30. The van der Waals surface area contributed by atoms with Gasteiger partial charge in [-0.2, -0.15) is 4.98 Å². The second-order valence-electron chi connectivity index (χ2n) is 12.5. The highest BCUT2D eigenvalue weighted by molar-refractivity contribution is 8.54. The fourth-order valence-corrected chi connectivity index (χ4v) is 10.1. The fraction of sp³-hybridized carbons (Fsp3) is 0.630. The summed E-state index contributed by atoms with van der Waals surface area (Å²) in [5.41, 5.74) is 10.7. The maximum absolute atomic E-state index is 16.5. The number of rotatable bonds is 15. The van der Waals surface area contributed by atoms with E-state index >= 15 is 8.78 Å². The SMILES string of the molecule is CCC(C)(CC)NS[P@](=O)(OC)O[C@@H]1[C@H](F)[C@@H](COP(O)(=S)O[C@H]2[C@@H](F)[C@H](n3cnc4c(N)ncnc43)O[C@@H]2C)O[C@H]1n1cnc2c(=O)[nH]c(N)nc21. The van der Waals surface area contributed by atoms with Crippen molar-refractivity contribution in [2.75, 3.05) is 25.2 Å². The van der Waals surface area contributed by atoms with Crippen molar-refractivity contribution in [1.29, 1.82) is 0 Å². The number of ether oxygens (including phenoxy) is 2. The van der Waals surface area contributed by atoms with Gasteiger partial charge >= 0.3 is 13.5 Å². The van der Waals surface area contributed by atoms with Crippen LogP contribution in [0.2, 0.25) is 0 Å². The topological polar surface area (TPSA) is 264 Å². The third-order valence-electron chi connectivity index (χ3n) is 9.15. The molecule has 2 saturated heterocycles. The van der Waals surface area contributed by atoms with Crippen molar-refractivity contribution in [2.45, 2.75) is 95.3 Å². The molecule has 0 radical (unpaired) electrons. The summed E-state index contributed by atoms with van der Waals surface area (Å²) in [5.74, 6) is -0.170. The Morgan fingerprint density at radius 1 is 1.06 bits per heavy atom. The number of nitrogens with zero attached hydrogens (tertiary/aromatic N) is 7. The molecule has 0 amide bonds. The van der Waals surface area contributed by atoms with Gasteiger partial charge in [0.25, 0.3) is 5.56 Å². The minimum atomic E-state index is -4.32. The van der Waals surface area contributed by atoms with E-state index in [0.29, 0.717) is 24.4 Å². The maximum atomic E-state index is 16.5. The molecule has 0 aliphatic carbocycles. The number of nitrogen functional groups attached to an aromatic ring is 2. The molecule has 0 bridgehead atoms. The van der Waals surface area contributed by atoms with Crippen LogP contribution in [0.15, 0.2) is 23.8 Å².